The van der Waals surface area contributed by atoms with Crippen LogP contribution in [0.15, 0.2) is 146 Å². The van der Waals surface area contributed by atoms with E-state index in [1.165, 1.54) is 103 Å². The highest BCUT2D eigenvalue weighted by atomic mass is 31.2. The first-order valence-corrected chi connectivity index (χ1v) is 34.2. The topological polar surface area (TPSA) is 105 Å². The Hall–Kier alpha value is -3.62. The molecule has 0 aromatic rings. The number of unbranched alkanes of at least 4 members (excludes halogenated alkanes) is 23. The molecule has 1 amide bonds. The van der Waals surface area contributed by atoms with E-state index in [1.54, 1.807) is 6.08 Å². The highest BCUT2D eigenvalue weighted by Gasteiger charge is 2.27. The van der Waals surface area contributed by atoms with Crippen LogP contribution < -0.4 is 5.32 Å². The molecule has 0 aliphatic rings. The van der Waals surface area contributed by atoms with Crippen LogP contribution in [0.25, 0.3) is 0 Å². The summed E-state index contributed by atoms with van der Waals surface area (Å²) in [7, 11) is 1.54. The molecule has 462 valence electrons. The molecule has 8 nitrogen and oxygen atoms in total. The van der Waals surface area contributed by atoms with Crippen molar-refractivity contribution < 1.29 is 32.9 Å². The summed E-state index contributed by atoms with van der Waals surface area (Å²) in [5.74, 6) is -0.200. The lowest BCUT2D eigenvalue weighted by Crippen LogP contribution is -2.45. The molecule has 0 aromatic carbocycles. The molecular weight excluding hydrogens is 1020 g/mol. The van der Waals surface area contributed by atoms with Crippen LogP contribution in [0, 0.1) is 0 Å². The fraction of sp³-hybridized carbons (Fsp3) is 0.653. The predicted molar refractivity (Wildman–Crippen MR) is 354 cm³/mol. The van der Waals surface area contributed by atoms with Crippen molar-refractivity contribution in [3.63, 3.8) is 0 Å². The van der Waals surface area contributed by atoms with Gasteiger partial charge in [0.2, 0.25) is 5.91 Å². The van der Waals surface area contributed by atoms with Crippen LogP contribution >= 0.6 is 7.82 Å². The van der Waals surface area contributed by atoms with Gasteiger partial charge in [-0.25, -0.2) is 4.57 Å². The van der Waals surface area contributed by atoms with Gasteiger partial charge in [0.25, 0.3) is 0 Å². The Bertz CT molecular complexity index is 1830. The van der Waals surface area contributed by atoms with E-state index in [4.69, 9.17) is 9.05 Å². The fourth-order valence-corrected chi connectivity index (χ4v) is 9.49. The highest BCUT2D eigenvalue weighted by molar-refractivity contribution is 7.47. The monoisotopic (exact) mass is 1140 g/mol. The number of aliphatic hydroxyl groups excluding tert-OH is 1. The van der Waals surface area contributed by atoms with Crippen LogP contribution in [0.2, 0.25) is 0 Å². The third kappa shape index (κ3) is 63.8. The molecule has 0 saturated heterocycles. The number of quaternary nitrogens is 1. The van der Waals surface area contributed by atoms with Gasteiger partial charge in [-0.1, -0.05) is 288 Å². The Morgan fingerprint density at radius 1 is 0.432 bits per heavy atom. The van der Waals surface area contributed by atoms with Gasteiger partial charge in [0, 0.05) is 6.42 Å². The summed E-state index contributed by atoms with van der Waals surface area (Å²) in [6.07, 6.45) is 93.9. The summed E-state index contributed by atoms with van der Waals surface area (Å²) in [6, 6.07) is -0.869. The summed E-state index contributed by atoms with van der Waals surface area (Å²) in [6.45, 7) is 4.69. The van der Waals surface area contributed by atoms with Gasteiger partial charge < -0.3 is 19.8 Å². The van der Waals surface area contributed by atoms with Crippen LogP contribution in [0.4, 0.5) is 0 Å². The van der Waals surface area contributed by atoms with Crippen molar-refractivity contribution >= 4 is 13.7 Å². The average molecular weight is 1140 g/mol. The largest absolute Gasteiger partial charge is 0.472 e. The summed E-state index contributed by atoms with van der Waals surface area (Å²) >= 11 is 0. The molecule has 3 N–H and O–H groups in total. The van der Waals surface area contributed by atoms with Crippen LogP contribution in [-0.2, 0) is 18.4 Å². The summed E-state index contributed by atoms with van der Waals surface area (Å²) in [4.78, 5) is 23.4. The first-order chi connectivity index (χ1) is 39.5. The molecule has 0 aliphatic carbocycles. The number of likely N-dealkylation sites (N-methyl/N-ethyl adjacent to an activating group) is 1. The molecule has 0 saturated carbocycles. The van der Waals surface area contributed by atoms with Crippen molar-refractivity contribution in [3.05, 3.63) is 146 Å². The minimum atomic E-state index is -4.37. The lowest BCUT2D eigenvalue weighted by atomic mass is 10.0. The predicted octanol–water partition coefficient (Wildman–Crippen LogP) is 20.8. The van der Waals surface area contributed by atoms with E-state index < -0.39 is 20.0 Å². The van der Waals surface area contributed by atoms with Gasteiger partial charge in [0.05, 0.1) is 39.9 Å². The molecule has 3 unspecified atom stereocenters. The third-order valence-electron chi connectivity index (χ3n) is 13.8. The van der Waals surface area contributed by atoms with Gasteiger partial charge in [-0.05, 0) is 103 Å². The summed E-state index contributed by atoms with van der Waals surface area (Å²) in [5.41, 5.74) is 0. The SMILES string of the molecule is CC/C=C\C/C=C\C/C=C\C/C=C\C/C=C\C/C=C\C/C=C\C/C=C\C/C=C\C/C=C\C/C=C\CCCCCCCC(=O)NC(COP(=O)(O)OCC[N+](C)(C)C)C(O)/C=C/CCCCCCCCCCCCCCCCCCCC. The Kier molecular flexibility index (Phi) is 58.2. The molecule has 0 bridgehead atoms. The zero-order valence-electron chi connectivity index (χ0n) is 52.7. The Morgan fingerprint density at radius 3 is 1.09 bits per heavy atom. The normalized spacial score (nSPS) is 14.7. The van der Waals surface area contributed by atoms with Gasteiger partial charge in [0.1, 0.15) is 13.2 Å². The van der Waals surface area contributed by atoms with E-state index in [0.29, 0.717) is 17.4 Å². The lowest BCUT2D eigenvalue weighted by Gasteiger charge is -2.25. The molecule has 0 radical (unpaired) electrons. The minimum Gasteiger partial charge on any atom is -0.387 e. The summed E-state index contributed by atoms with van der Waals surface area (Å²) < 4.78 is 23.7. The maximum absolute atomic E-state index is 13.0. The maximum atomic E-state index is 13.0. The van der Waals surface area contributed by atoms with Gasteiger partial charge >= 0.3 is 7.82 Å². The van der Waals surface area contributed by atoms with Gasteiger partial charge in [-0.3, -0.25) is 13.8 Å². The third-order valence-corrected chi connectivity index (χ3v) is 14.8. The molecule has 0 fully saturated rings. The standard InChI is InChI=1S/C72H123N2O6P/c1-6-8-10-12-14-16-18-20-22-24-26-28-29-30-31-32-33-34-35-36-37-38-39-40-41-42-43-44-45-46-48-50-52-54-56-58-60-62-64-66-72(76)73-70(69-80-81(77,78)79-68-67-74(3,4)5)71(75)65-63-61-59-57-55-53-51-49-47-27-25-23-21-19-17-15-13-11-9-7-2/h8,10,14,16,20,22,26,28,30-31,33-34,36-37,39-40,42-43,45-46,50,52,63,65,70-71,75H,6-7,9,11-13,15,17-19,21,23-25,27,29,32,35,38,41,44,47-49,51,53-62,64,66-69H2,1-5H3,(H-,73,76,77,78)/p+1/b10-8-,16-14-,22-20-,28-26-,31-30-,34-33-,37-36-,40-39-,43-42-,46-45-,52-50-,65-63+. The zero-order valence-corrected chi connectivity index (χ0v) is 53.6. The molecule has 0 aliphatic heterocycles. The maximum Gasteiger partial charge on any atom is 0.472 e. The number of carbonyl (C=O) groups excluding carboxylic acids is 1. The number of amides is 1. The Labute approximate surface area is 499 Å². The van der Waals surface area contributed by atoms with E-state index in [0.717, 1.165) is 128 Å². The molecule has 0 heterocycles. The zero-order chi connectivity index (χ0) is 59.1. The van der Waals surface area contributed by atoms with Crippen molar-refractivity contribution in [2.75, 3.05) is 40.9 Å². The number of hydrogen-bond acceptors (Lipinski definition) is 5. The smallest absolute Gasteiger partial charge is 0.387 e. The van der Waals surface area contributed by atoms with E-state index in [2.05, 4.69) is 153 Å². The van der Waals surface area contributed by atoms with Crippen molar-refractivity contribution in [2.45, 2.75) is 264 Å². The number of carbonyl (C=O) groups is 1. The first-order valence-electron chi connectivity index (χ1n) is 32.7. The number of aliphatic hydroxyl groups is 1. The van der Waals surface area contributed by atoms with Crippen LogP contribution in [0.3, 0.4) is 0 Å². The van der Waals surface area contributed by atoms with Gasteiger partial charge in [0.15, 0.2) is 0 Å². The molecule has 0 rings (SSSR count). The number of nitrogens with zero attached hydrogens (tertiary/aromatic N) is 1. The van der Waals surface area contributed by atoms with E-state index in [-0.39, 0.29) is 19.1 Å². The van der Waals surface area contributed by atoms with E-state index in [1.807, 2.05) is 27.2 Å². The van der Waals surface area contributed by atoms with Crippen molar-refractivity contribution in [2.24, 2.45) is 0 Å². The van der Waals surface area contributed by atoms with E-state index in [9.17, 15) is 19.4 Å². The Morgan fingerprint density at radius 2 is 0.741 bits per heavy atom. The number of rotatable bonds is 58. The second-order valence-corrected chi connectivity index (χ2v) is 24.2. The molecule has 81 heavy (non-hydrogen) atoms. The van der Waals surface area contributed by atoms with Crippen LogP contribution in [0.5, 0.6) is 0 Å². The van der Waals surface area contributed by atoms with E-state index >= 15 is 0 Å². The molecule has 0 aromatic heterocycles. The van der Waals surface area contributed by atoms with Gasteiger partial charge in [-0.2, -0.15) is 0 Å². The number of allylic oxidation sites excluding steroid dienone is 23. The quantitative estimate of drug-likeness (QED) is 0.0243. The van der Waals surface area contributed by atoms with Gasteiger partial charge in [-0.15, -0.1) is 0 Å². The lowest BCUT2D eigenvalue weighted by molar-refractivity contribution is -0.870. The molecule has 0 spiro atoms. The molecule has 9 heteroatoms. The number of hydrogen-bond donors (Lipinski definition) is 3. The van der Waals surface area contributed by atoms with Crippen molar-refractivity contribution in [3.8, 4) is 0 Å². The van der Waals surface area contributed by atoms with Crippen molar-refractivity contribution in [1.29, 1.82) is 0 Å². The van der Waals surface area contributed by atoms with Crippen LogP contribution in [-0.4, -0.2) is 73.4 Å². The second-order valence-electron chi connectivity index (χ2n) is 22.8. The highest BCUT2D eigenvalue weighted by Crippen LogP contribution is 2.43. The minimum absolute atomic E-state index is 0.0502. The van der Waals surface area contributed by atoms with Crippen LogP contribution in [0.1, 0.15) is 251 Å². The number of phosphoric acid groups is 1. The number of phosphoric ester groups is 1. The summed E-state index contributed by atoms with van der Waals surface area (Å²) in [5, 5.41) is 14.0. The number of nitrogens with one attached hydrogen (secondary N) is 1. The first kappa shape index (κ1) is 77.4. The fourth-order valence-electron chi connectivity index (χ4n) is 8.75. The average Bonchev–Trinajstić information content (AvgIpc) is 3.43. The second kappa shape index (κ2) is 61.0. The molecule has 3 atom stereocenters. The Balaban J connectivity index is 4.22. The van der Waals surface area contributed by atoms with Crippen molar-refractivity contribution in [1.82, 2.24) is 5.32 Å². The molecular formula is C72H124N2O6P+.